The third-order valence-corrected chi connectivity index (χ3v) is 2.66. The van der Waals surface area contributed by atoms with Crippen molar-refractivity contribution >= 4 is 0 Å². The monoisotopic (exact) mass is 208 g/mol. The maximum Gasteiger partial charge on any atom is 0.316 e. The van der Waals surface area contributed by atoms with Gasteiger partial charge < -0.3 is 10.5 Å². The van der Waals surface area contributed by atoms with Crippen LogP contribution in [0, 0.1) is 0 Å². The summed E-state index contributed by atoms with van der Waals surface area (Å²) < 4.78 is 4.90. The molecule has 0 spiro atoms. The first-order chi connectivity index (χ1) is 7.29. The molecule has 1 atom stereocenters. The van der Waals surface area contributed by atoms with Gasteiger partial charge in [-0.25, -0.2) is 9.97 Å². The average molecular weight is 208 g/mol. The van der Waals surface area contributed by atoms with E-state index in [9.17, 15) is 0 Å². The minimum Gasteiger partial charge on any atom is -0.467 e. The van der Waals surface area contributed by atoms with E-state index in [1.54, 1.807) is 19.5 Å². The molecule has 82 valence electrons. The number of nitrogens with zero attached hydrogens (tertiary/aromatic N) is 3. The third kappa shape index (κ3) is 2.43. The summed E-state index contributed by atoms with van der Waals surface area (Å²) in [6.45, 7) is 1.89. The van der Waals surface area contributed by atoms with Crippen LogP contribution in [-0.2, 0) is 6.54 Å². The Morgan fingerprint density at radius 2 is 2.27 bits per heavy atom. The summed E-state index contributed by atoms with van der Waals surface area (Å²) >= 11 is 0. The van der Waals surface area contributed by atoms with Crippen LogP contribution in [0.3, 0.4) is 0 Å². The fourth-order valence-electron chi connectivity index (χ4n) is 1.81. The molecular formula is C10H16N4O. The van der Waals surface area contributed by atoms with Crippen LogP contribution in [0.1, 0.15) is 18.4 Å². The highest BCUT2D eigenvalue weighted by Crippen LogP contribution is 2.15. The molecule has 1 saturated heterocycles. The highest BCUT2D eigenvalue weighted by molar-refractivity contribution is 5.07. The quantitative estimate of drug-likeness (QED) is 0.777. The van der Waals surface area contributed by atoms with E-state index < -0.39 is 0 Å². The smallest absolute Gasteiger partial charge is 0.316 e. The molecule has 1 aromatic rings. The van der Waals surface area contributed by atoms with Gasteiger partial charge in [0.05, 0.1) is 13.3 Å². The average Bonchev–Trinajstić information content (AvgIpc) is 2.66. The van der Waals surface area contributed by atoms with Crippen molar-refractivity contribution in [3.8, 4) is 6.01 Å². The van der Waals surface area contributed by atoms with Crippen molar-refractivity contribution in [2.24, 2.45) is 5.73 Å². The lowest BCUT2D eigenvalue weighted by Crippen LogP contribution is -2.35. The number of hydrogen-bond donors (Lipinski definition) is 1. The highest BCUT2D eigenvalue weighted by atomic mass is 16.5. The molecular weight excluding hydrogens is 192 g/mol. The van der Waals surface area contributed by atoms with Gasteiger partial charge in [0.1, 0.15) is 0 Å². The van der Waals surface area contributed by atoms with Crippen LogP contribution < -0.4 is 10.5 Å². The molecule has 15 heavy (non-hydrogen) atoms. The van der Waals surface area contributed by atoms with Gasteiger partial charge in [-0.15, -0.1) is 0 Å². The van der Waals surface area contributed by atoms with Gasteiger partial charge in [0.25, 0.3) is 0 Å². The molecule has 0 bridgehead atoms. The van der Waals surface area contributed by atoms with Gasteiger partial charge in [0.2, 0.25) is 0 Å². The van der Waals surface area contributed by atoms with Crippen LogP contribution in [0.25, 0.3) is 0 Å². The highest BCUT2D eigenvalue weighted by Gasteiger charge is 2.20. The number of ether oxygens (including phenoxy) is 1. The van der Waals surface area contributed by atoms with Gasteiger partial charge in [0, 0.05) is 31.0 Å². The second-order valence-corrected chi connectivity index (χ2v) is 3.76. The largest absolute Gasteiger partial charge is 0.467 e. The van der Waals surface area contributed by atoms with Gasteiger partial charge in [-0.3, -0.25) is 4.90 Å². The first kappa shape index (κ1) is 10.3. The summed E-state index contributed by atoms with van der Waals surface area (Å²) in [5, 5.41) is 0. The molecule has 1 aromatic heterocycles. The number of nitrogens with two attached hydrogens (primary N) is 1. The Hall–Kier alpha value is -1.20. The fourth-order valence-corrected chi connectivity index (χ4v) is 1.81. The zero-order chi connectivity index (χ0) is 10.7. The van der Waals surface area contributed by atoms with Crippen molar-refractivity contribution in [3.05, 3.63) is 18.0 Å². The molecule has 2 rings (SSSR count). The van der Waals surface area contributed by atoms with Crippen molar-refractivity contribution in [3.63, 3.8) is 0 Å². The summed E-state index contributed by atoms with van der Waals surface area (Å²) in [4.78, 5) is 10.4. The van der Waals surface area contributed by atoms with Crippen LogP contribution in [0.4, 0.5) is 0 Å². The summed E-state index contributed by atoms with van der Waals surface area (Å²) in [6.07, 6.45) is 6.02. The van der Waals surface area contributed by atoms with Crippen LogP contribution >= 0.6 is 0 Å². The molecule has 2 heterocycles. The molecule has 0 aromatic carbocycles. The number of rotatable bonds is 3. The number of hydrogen-bond acceptors (Lipinski definition) is 5. The zero-order valence-electron chi connectivity index (χ0n) is 8.89. The van der Waals surface area contributed by atoms with Crippen molar-refractivity contribution in [1.29, 1.82) is 0 Å². The molecule has 1 unspecified atom stereocenters. The minimum atomic E-state index is 0.187. The molecule has 5 heteroatoms. The van der Waals surface area contributed by atoms with Gasteiger partial charge in [-0.2, -0.15) is 0 Å². The first-order valence-electron chi connectivity index (χ1n) is 5.14. The molecule has 1 aliphatic heterocycles. The lowest BCUT2D eigenvalue weighted by Gasteiger charge is -2.20. The maximum absolute atomic E-state index is 5.94. The molecule has 0 saturated carbocycles. The maximum atomic E-state index is 5.94. The van der Waals surface area contributed by atoms with Gasteiger partial charge in [-0.1, -0.05) is 0 Å². The van der Waals surface area contributed by atoms with Gasteiger partial charge in [-0.05, 0) is 12.8 Å². The summed E-state index contributed by atoms with van der Waals surface area (Å²) in [5.41, 5.74) is 7.02. The van der Waals surface area contributed by atoms with E-state index in [4.69, 9.17) is 10.5 Å². The number of likely N-dealkylation sites (tertiary alicyclic amines) is 1. The van der Waals surface area contributed by atoms with Crippen molar-refractivity contribution in [2.75, 3.05) is 13.7 Å². The van der Waals surface area contributed by atoms with E-state index in [-0.39, 0.29) is 6.17 Å². The second kappa shape index (κ2) is 4.55. The molecule has 0 radical (unpaired) electrons. The normalized spacial score (nSPS) is 21.9. The predicted octanol–water partition coefficient (Wildman–Crippen LogP) is 0.366. The lowest BCUT2D eigenvalue weighted by molar-refractivity contribution is 0.249. The van der Waals surface area contributed by atoms with Crippen LogP contribution in [-0.4, -0.2) is 34.7 Å². The van der Waals surface area contributed by atoms with E-state index >= 15 is 0 Å². The Bertz CT molecular complexity index is 314. The summed E-state index contributed by atoms with van der Waals surface area (Å²) in [6, 6.07) is 0.407. The topological polar surface area (TPSA) is 64.3 Å². The van der Waals surface area contributed by atoms with E-state index in [1.807, 2.05) is 0 Å². The van der Waals surface area contributed by atoms with E-state index in [1.165, 1.54) is 6.42 Å². The molecule has 0 aliphatic carbocycles. The van der Waals surface area contributed by atoms with Gasteiger partial charge in [0.15, 0.2) is 0 Å². The Balaban J connectivity index is 1.98. The number of aromatic nitrogens is 2. The third-order valence-electron chi connectivity index (χ3n) is 2.66. The standard InChI is InChI=1S/C10H16N4O/c1-15-10-12-5-8(6-13-10)7-14-4-2-3-9(14)11/h5-6,9H,2-4,7,11H2,1H3. The minimum absolute atomic E-state index is 0.187. The molecule has 1 fully saturated rings. The molecule has 0 amide bonds. The van der Waals surface area contributed by atoms with Crippen LogP contribution in [0.2, 0.25) is 0 Å². The molecule has 5 nitrogen and oxygen atoms in total. The van der Waals surface area contributed by atoms with Gasteiger partial charge >= 0.3 is 6.01 Å². The Morgan fingerprint density at radius 1 is 1.53 bits per heavy atom. The second-order valence-electron chi connectivity index (χ2n) is 3.76. The number of methoxy groups -OCH3 is 1. The first-order valence-corrected chi connectivity index (χ1v) is 5.14. The van der Waals surface area contributed by atoms with E-state index in [2.05, 4.69) is 14.9 Å². The molecule has 2 N–H and O–H groups in total. The zero-order valence-corrected chi connectivity index (χ0v) is 8.89. The van der Waals surface area contributed by atoms with Crippen LogP contribution in [0.15, 0.2) is 12.4 Å². The summed E-state index contributed by atoms with van der Waals surface area (Å²) in [7, 11) is 1.56. The van der Waals surface area contributed by atoms with Crippen molar-refractivity contribution in [2.45, 2.75) is 25.6 Å². The Kier molecular flexibility index (Phi) is 3.13. The van der Waals surface area contributed by atoms with E-state index in [0.717, 1.165) is 25.1 Å². The lowest BCUT2D eigenvalue weighted by atomic mass is 10.3. The van der Waals surface area contributed by atoms with E-state index in [0.29, 0.717) is 6.01 Å². The Morgan fingerprint density at radius 3 is 2.80 bits per heavy atom. The van der Waals surface area contributed by atoms with Crippen molar-refractivity contribution < 1.29 is 4.74 Å². The predicted molar refractivity (Wildman–Crippen MR) is 56.2 cm³/mol. The molecule has 1 aliphatic rings. The van der Waals surface area contributed by atoms with Crippen molar-refractivity contribution in [1.82, 2.24) is 14.9 Å². The Labute approximate surface area is 89.3 Å². The van der Waals surface area contributed by atoms with Crippen LogP contribution in [0.5, 0.6) is 6.01 Å². The summed E-state index contributed by atoms with van der Waals surface area (Å²) in [5.74, 6) is 0. The fraction of sp³-hybridized carbons (Fsp3) is 0.600. The SMILES string of the molecule is COc1ncc(CN2CCCC2N)cn1.